The lowest BCUT2D eigenvalue weighted by Gasteiger charge is -2.02. The van der Waals surface area contributed by atoms with Crippen LogP contribution in [0.25, 0.3) is 11.6 Å². The maximum Gasteiger partial charge on any atom is 0.197 e. The van der Waals surface area contributed by atoms with Crippen LogP contribution in [0.3, 0.4) is 0 Å². The standard InChI is InChI=1S/C9H11N5/c1-2-14-6-5-12-9(14)8-11-4-3-7(10)13-8/h3-6H,2H2,1H3,(H2,10,11,13). The molecule has 0 bridgehead atoms. The second-order valence-electron chi connectivity index (χ2n) is 2.84. The predicted octanol–water partition coefficient (Wildman–Crippen LogP) is 0.942. The molecule has 0 fully saturated rings. The Bertz CT molecular complexity index is 434. The lowest BCUT2D eigenvalue weighted by molar-refractivity contribution is 0.764. The molecule has 0 saturated carbocycles. The van der Waals surface area contributed by atoms with Gasteiger partial charge in [0.15, 0.2) is 11.6 Å². The minimum Gasteiger partial charge on any atom is -0.384 e. The first-order valence-electron chi connectivity index (χ1n) is 4.41. The zero-order chi connectivity index (χ0) is 9.97. The Morgan fingerprint density at radius 2 is 2.21 bits per heavy atom. The van der Waals surface area contributed by atoms with Crippen molar-refractivity contribution in [2.75, 3.05) is 5.73 Å². The third-order valence-electron chi connectivity index (χ3n) is 1.93. The summed E-state index contributed by atoms with van der Waals surface area (Å²) in [6.07, 6.45) is 5.25. The van der Waals surface area contributed by atoms with E-state index in [1.807, 2.05) is 17.7 Å². The second kappa shape index (κ2) is 3.45. The van der Waals surface area contributed by atoms with E-state index in [0.29, 0.717) is 11.6 Å². The van der Waals surface area contributed by atoms with Gasteiger partial charge in [-0.15, -0.1) is 0 Å². The fourth-order valence-corrected chi connectivity index (χ4v) is 1.25. The molecule has 0 aromatic carbocycles. The van der Waals surface area contributed by atoms with Crippen LogP contribution in [0.5, 0.6) is 0 Å². The summed E-state index contributed by atoms with van der Waals surface area (Å²) in [6, 6.07) is 1.66. The first kappa shape index (κ1) is 8.68. The Labute approximate surface area is 81.6 Å². The summed E-state index contributed by atoms with van der Waals surface area (Å²) in [5, 5.41) is 0. The zero-order valence-electron chi connectivity index (χ0n) is 7.88. The molecular weight excluding hydrogens is 178 g/mol. The summed E-state index contributed by atoms with van der Waals surface area (Å²) >= 11 is 0. The van der Waals surface area contributed by atoms with Gasteiger partial charge in [-0.3, -0.25) is 0 Å². The number of aromatic nitrogens is 4. The van der Waals surface area contributed by atoms with Crippen molar-refractivity contribution in [3.05, 3.63) is 24.7 Å². The maximum absolute atomic E-state index is 5.57. The van der Waals surface area contributed by atoms with Crippen LogP contribution in [0.1, 0.15) is 6.92 Å². The van der Waals surface area contributed by atoms with Gasteiger partial charge in [-0.05, 0) is 13.0 Å². The van der Waals surface area contributed by atoms with Crippen LogP contribution in [0.4, 0.5) is 5.82 Å². The highest BCUT2D eigenvalue weighted by Crippen LogP contribution is 2.12. The van der Waals surface area contributed by atoms with Crippen LogP contribution >= 0.6 is 0 Å². The van der Waals surface area contributed by atoms with Crippen molar-refractivity contribution in [2.45, 2.75) is 13.5 Å². The van der Waals surface area contributed by atoms with Gasteiger partial charge in [0.2, 0.25) is 0 Å². The molecule has 2 aromatic rings. The highest BCUT2D eigenvalue weighted by Gasteiger charge is 2.07. The Hall–Kier alpha value is -1.91. The molecule has 0 radical (unpaired) electrons. The van der Waals surface area contributed by atoms with Crippen LogP contribution in [-0.2, 0) is 6.54 Å². The number of imidazole rings is 1. The first-order valence-corrected chi connectivity index (χ1v) is 4.41. The van der Waals surface area contributed by atoms with Crippen LogP contribution in [0.15, 0.2) is 24.7 Å². The number of rotatable bonds is 2. The summed E-state index contributed by atoms with van der Waals surface area (Å²) in [6.45, 7) is 2.88. The zero-order valence-corrected chi connectivity index (χ0v) is 7.88. The Morgan fingerprint density at radius 1 is 1.36 bits per heavy atom. The Balaban J connectivity index is 2.49. The molecule has 5 nitrogen and oxygen atoms in total. The third kappa shape index (κ3) is 1.44. The average Bonchev–Trinajstić information content (AvgIpc) is 2.65. The molecule has 0 aliphatic carbocycles. The minimum atomic E-state index is 0.459. The van der Waals surface area contributed by atoms with Crippen LogP contribution < -0.4 is 5.73 Å². The van der Waals surface area contributed by atoms with Gasteiger partial charge in [0.25, 0.3) is 0 Å². The Morgan fingerprint density at radius 3 is 2.93 bits per heavy atom. The van der Waals surface area contributed by atoms with Gasteiger partial charge in [0, 0.05) is 25.1 Å². The van der Waals surface area contributed by atoms with Crippen molar-refractivity contribution in [1.29, 1.82) is 0 Å². The SMILES string of the molecule is CCn1ccnc1-c1nccc(N)n1. The number of hydrogen-bond acceptors (Lipinski definition) is 4. The van der Waals surface area contributed by atoms with Crippen molar-refractivity contribution < 1.29 is 0 Å². The average molecular weight is 189 g/mol. The van der Waals surface area contributed by atoms with Crippen molar-refractivity contribution in [2.24, 2.45) is 0 Å². The van der Waals surface area contributed by atoms with E-state index in [2.05, 4.69) is 15.0 Å². The van der Waals surface area contributed by atoms with Crippen molar-refractivity contribution >= 4 is 5.82 Å². The summed E-state index contributed by atoms with van der Waals surface area (Å²) in [4.78, 5) is 12.4. The Kier molecular flexibility index (Phi) is 2.14. The number of hydrogen-bond donors (Lipinski definition) is 1. The van der Waals surface area contributed by atoms with E-state index in [1.165, 1.54) is 0 Å². The van der Waals surface area contributed by atoms with Crippen molar-refractivity contribution in [3.63, 3.8) is 0 Å². The first-order chi connectivity index (χ1) is 6.81. The van der Waals surface area contributed by atoms with Gasteiger partial charge in [-0.25, -0.2) is 15.0 Å². The van der Waals surface area contributed by atoms with Gasteiger partial charge in [-0.1, -0.05) is 0 Å². The molecule has 0 spiro atoms. The third-order valence-corrected chi connectivity index (χ3v) is 1.93. The molecule has 14 heavy (non-hydrogen) atoms. The summed E-state index contributed by atoms with van der Waals surface area (Å²) in [5.74, 6) is 1.78. The van der Waals surface area contributed by atoms with E-state index < -0.39 is 0 Å². The molecule has 0 aliphatic heterocycles. The van der Waals surface area contributed by atoms with Crippen molar-refractivity contribution in [1.82, 2.24) is 19.5 Å². The molecule has 2 aromatic heterocycles. The highest BCUT2D eigenvalue weighted by atomic mass is 15.1. The van der Waals surface area contributed by atoms with Gasteiger partial charge in [0.1, 0.15) is 5.82 Å². The molecule has 0 saturated heterocycles. The molecule has 5 heteroatoms. The molecular formula is C9H11N5. The van der Waals surface area contributed by atoms with E-state index in [0.717, 1.165) is 12.4 Å². The molecule has 2 rings (SSSR count). The highest BCUT2D eigenvalue weighted by molar-refractivity contribution is 5.46. The predicted molar refractivity (Wildman–Crippen MR) is 53.3 cm³/mol. The second-order valence-corrected chi connectivity index (χ2v) is 2.84. The maximum atomic E-state index is 5.57. The van der Waals surface area contributed by atoms with Crippen LogP contribution in [0.2, 0.25) is 0 Å². The van der Waals surface area contributed by atoms with E-state index in [9.17, 15) is 0 Å². The number of aryl methyl sites for hydroxylation is 1. The minimum absolute atomic E-state index is 0.459. The molecule has 0 unspecified atom stereocenters. The molecule has 2 heterocycles. The number of nitrogens with zero attached hydrogens (tertiary/aromatic N) is 4. The topological polar surface area (TPSA) is 69.6 Å². The normalized spacial score (nSPS) is 10.4. The largest absolute Gasteiger partial charge is 0.384 e. The quantitative estimate of drug-likeness (QED) is 0.763. The fraction of sp³-hybridized carbons (Fsp3) is 0.222. The summed E-state index contributed by atoms with van der Waals surface area (Å²) in [7, 11) is 0. The molecule has 2 N–H and O–H groups in total. The smallest absolute Gasteiger partial charge is 0.197 e. The number of anilines is 1. The summed E-state index contributed by atoms with van der Waals surface area (Å²) in [5.41, 5.74) is 5.57. The number of nitrogens with two attached hydrogens (primary N) is 1. The monoisotopic (exact) mass is 189 g/mol. The van der Waals surface area contributed by atoms with Gasteiger partial charge < -0.3 is 10.3 Å². The van der Waals surface area contributed by atoms with Crippen LogP contribution in [-0.4, -0.2) is 19.5 Å². The van der Waals surface area contributed by atoms with E-state index >= 15 is 0 Å². The van der Waals surface area contributed by atoms with E-state index in [1.54, 1.807) is 18.5 Å². The van der Waals surface area contributed by atoms with E-state index in [-0.39, 0.29) is 0 Å². The molecule has 72 valence electrons. The fourth-order valence-electron chi connectivity index (χ4n) is 1.25. The van der Waals surface area contributed by atoms with Crippen LogP contribution in [0, 0.1) is 0 Å². The van der Waals surface area contributed by atoms with E-state index in [4.69, 9.17) is 5.73 Å². The van der Waals surface area contributed by atoms with Crippen molar-refractivity contribution in [3.8, 4) is 11.6 Å². The lowest BCUT2D eigenvalue weighted by Crippen LogP contribution is -2.01. The lowest BCUT2D eigenvalue weighted by atomic mass is 10.5. The molecule has 0 atom stereocenters. The molecule has 0 aliphatic rings. The molecule has 0 amide bonds. The van der Waals surface area contributed by atoms with Gasteiger partial charge in [-0.2, -0.15) is 0 Å². The van der Waals surface area contributed by atoms with Gasteiger partial charge >= 0.3 is 0 Å². The van der Waals surface area contributed by atoms with Gasteiger partial charge in [0.05, 0.1) is 0 Å². The number of nitrogen functional groups attached to an aromatic ring is 1. The summed E-state index contributed by atoms with van der Waals surface area (Å²) < 4.78 is 1.97.